The molecule has 4 rings (SSSR count). The monoisotopic (exact) mass is 387 g/mol. The number of amides is 1. The summed E-state index contributed by atoms with van der Waals surface area (Å²) < 4.78 is 45.9. The SMILES string of the molecule is O=C(c1ccnc(F)c1)N1CCC[C@H](c2nc(-c3ccc(F)cc3F)co2)C1. The number of benzene rings is 1. The fourth-order valence-electron chi connectivity index (χ4n) is 3.38. The van der Waals surface area contributed by atoms with E-state index in [9.17, 15) is 18.0 Å². The first-order valence-corrected chi connectivity index (χ1v) is 8.83. The Morgan fingerprint density at radius 1 is 1.18 bits per heavy atom. The minimum absolute atomic E-state index is 0.146. The topological polar surface area (TPSA) is 59.2 Å². The molecule has 8 heteroatoms. The molecule has 2 aromatic heterocycles. The van der Waals surface area contributed by atoms with Gasteiger partial charge in [0.05, 0.1) is 5.92 Å². The van der Waals surface area contributed by atoms with E-state index < -0.39 is 17.6 Å². The van der Waals surface area contributed by atoms with Crippen molar-refractivity contribution in [3.8, 4) is 11.3 Å². The molecule has 0 aliphatic carbocycles. The first kappa shape index (κ1) is 18.2. The largest absolute Gasteiger partial charge is 0.448 e. The average molecular weight is 387 g/mol. The van der Waals surface area contributed by atoms with Crippen LogP contribution in [0.5, 0.6) is 0 Å². The van der Waals surface area contributed by atoms with Crippen molar-refractivity contribution in [2.45, 2.75) is 18.8 Å². The Bertz CT molecular complexity index is 1020. The molecule has 3 aromatic rings. The highest BCUT2D eigenvalue weighted by Crippen LogP contribution is 2.30. The van der Waals surface area contributed by atoms with Gasteiger partial charge in [-0.3, -0.25) is 4.79 Å². The number of halogens is 3. The van der Waals surface area contributed by atoms with E-state index in [1.54, 1.807) is 4.90 Å². The first-order chi connectivity index (χ1) is 13.5. The molecule has 0 spiro atoms. The minimum atomic E-state index is -0.722. The highest BCUT2D eigenvalue weighted by atomic mass is 19.1. The maximum atomic E-state index is 14.0. The second-order valence-corrected chi connectivity index (χ2v) is 6.65. The number of pyridine rings is 1. The van der Waals surface area contributed by atoms with Crippen molar-refractivity contribution >= 4 is 5.91 Å². The standard InChI is InChI=1S/C20H16F3N3O2/c21-14-3-4-15(16(22)9-14)17-11-28-19(25-17)13-2-1-7-26(10-13)20(27)12-5-6-24-18(23)8-12/h3-6,8-9,11,13H,1-2,7,10H2/t13-/m0/s1. The third kappa shape index (κ3) is 3.62. The van der Waals surface area contributed by atoms with Gasteiger partial charge in [0.25, 0.3) is 5.91 Å². The Labute approximate surface area is 158 Å². The van der Waals surface area contributed by atoms with Gasteiger partial charge in [0.2, 0.25) is 5.95 Å². The van der Waals surface area contributed by atoms with Crippen LogP contribution in [-0.4, -0.2) is 33.9 Å². The van der Waals surface area contributed by atoms with Crippen molar-refractivity contribution in [1.29, 1.82) is 0 Å². The van der Waals surface area contributed by atoms with E-state index in [1.165, 1.54) is 24.6 Å². The minimum Gasteiger partial charge on any atom is -0.448 e. The van der Waals surface area contributed by atoms with Gasteiger partial charge in [-0.2, -0.15) is 4.39 Å². The van der Waals surface area contributed by atoms with Crippen LogP contribution in [0, 0.1) is 17.6 Å². The predicted octanol–water partition coefficient (Wildman–Crippen LogP) is 4.17. The van der Waals surface area contributed by atoms with Crippen LogP contribution >= 0.6 is 0 Å². The molecule has 3 heterocycles. The van der Waals surface area contributed by atoms with Crippen LogP contribution in [0.3, 0.4) is 0 Å². The van der Waals surface area contributed by atoms with Gasteiger partial charge in [-0.05, 0) is 31.0 Å². The van der Waals surface area contributed by atoms with Crippen LogP contribution in [-0.2, 0) is 0 Å². The van der Waals surface area contributed by atoms with Crippen LogP contribution in [0.1, 0.15) is 35.0 Å². The fraction of sp³-hybridized carbons (Fsp3) is 0.250. The Hall–Kier alpha value is -3.16. The molecule has 144 valence electrons. The second kappa shape index (κ2) is 7.46. The van der Waals surface area contributed by atoms with E-state index in [-0.39, 0.29) is 28.6 Å². The Kier molecular flexibility index (Phi) is 4.85. The summed E-state index contributed by atoms with van der Waals surface area (Å²) in [4.78, 5) is 22.0. The molecule has 28 heavy (non-hydrogen) atoms. The summed E-state index contributed by atoms with van der Waals surface area (Å²) in [6.07, 6.45) is 4.05. The predicted molar refractivity (Wildman–Crippen MR) is 93.9 cm³/mol. The lowest BCUT2D eigenvalue weighted by atomic mass is 9.97. The number of aromatic nitrogens is 2. The van der Waals surface area contributed by atoms with Gasteiger partial charge in [-0.25, -0.2) is 18.7 Å². The molecular formula is C20H16F3N3O2. The molecule has 0 N–H and O–H groups in total. The van der Waals surface area contributed by atoms with Crippen LogP contribution in [0.2, 0.25) is 0 Å². The Morgan fingerprint density at radius 2 is 2.04 bits per heavy atom. The number of hydrogen-bond acceptors (Lipinski definition) is 4. The molecule has 1 aliphatic heterocycles. The normalized spacial score (nSPS) is 17.0. The molecular weight excluding hydrogens is 371 g/mol. The third-order valence-electron chi connectivity index (χ3n) is 4.76. The van der Waals surface area contributed by atoms with Gasteiger partial charge in [0, 0.05) is 42.5 Å². The molecule has 0 radical (unpaired) electrons. The molecule has 5 nitrogen and oxygen atoms in total. The summed E-state index contributed by atoms with van der Waals surface area (Å²) in [6, 6.07) is 5.82. The molecule has 1 amide bonds. The molecule has 0 saturated carbocycles. The number of rotatable bonds is 3. The third-order valence-corrected chi connectivity index (χ3v) is 4.76. The van der Waals surface area contributed by atoms with Crippen molar-refractivity contribution in [3.63, 3.8) is 0 Å². The van der Waals surface area contributed by atoms with Gasteiger partial charge >= 0.3 is 0 Å². The lowest BCUT2D eigenvalue weighted by Gasteiger charge is -2.31. The van der Waals surface area contributed by atoms with E-state index >= 15 is 0 Å². The fourth-order valence-corrected chi connectivity index (χ4v) is 3.38. The summed E-state index contributed by atoms with van der Waals surface area (Å²) in [5, 5.41) is 0. The van der Waals surface area contributed by atoms with E-state index in [0.29, 0.717) is 19.0 Å². The summed E-state index contributed by atoms with van der Waals surface area (Å²) in [5.74, 6) is -2.17. The van der Waals surface area contributed by atoms with E-state index in [0.717, 1.165) is 31.0 Å². The zero-order valence-corrected chi connectivity index (χ0v) is 14.7. The summed E-state index contributed by atoms with van der Waals surface area (Å²) in [6.45, 7) is 0.897. The van der Waals surface area contributed by atoms with Crippen molar-refractivity contribution in [2.75, 3.05) is 13.1 Å². The van der Waals surface area contributed by atoms with E-state index in [2.05, 4.69) is 9.97 Å². The van der Waals surface area contributed by atoms with E-state index in [4.69, 9.17) is 4.42 Å². The second-order valence-electron chi connectivity index (χ2n) is 6.65. The smallest absolute Gasteiger partial charge is 0.254 e. The van der Waals surface area contributed by atoms with Crippen molar-refractivity contribution in [2.24, 2.45) is 0 Å². The highest BCUT2D eigenvalue weighted by molar-refractivity contribution is 5.94. The molecule has 1 aromatic carbocycles. The molecule has 1 fully saturated rings. The van der Waals surface area contributed by atoms with Crippen LogP contribution < -0.4 is 0 Å². The Morgan fingerprint density at radius 3 is 2.82 bits per heavy atom. The number of likely N-dealkylation sites (tertiary alicyclic amines) is 1. The number of nitrogens with zero attached hydrogens (tertiary/aromatic N) is 3. The number of carbonyl (C=O) groups is 1. The van der Waals surface area contributed by atoms with Crippen molar-refractivity contribution in [1.82, 2.24) is 14.9 Å². The zero-order valence-electron chi connectivity index (χ0n) is 14.7. The summed E-state index contributed by atoms with van der Waals surface area (Å²) in [7, 11) is 0. The molecule has 1 saturated heterocycles. The number of hydrogen-bond donors (Lipinski definition) is 0. The van der Waals surface area contributed by atoms with Crippen LogP contribution in [0.4, 0.5) is 13.2 Å². The molecule has 0 unspecified atom stereocenters. The molecule has 1 aliphatic rings. The number of piperidine rings is 1. The lowest BCUT2D eigenvalue weighted by Crippen LogP contribution is -2.39. The maximum absolute atomic E-state index is 14.0. The Balaban J connectivity index is 1.52. The molecule has 1 atom stereocenters. The van der Waals surface area contributed by atoms with Crippen LogP contribution in [0.15, 0.2) is 47.2 Å². The highest BCUT2D eigenvalue weighted by Gasteiger charge is 2.29. The van der Waals surface area contributed by atoms with Crippen molar-refractivity contribution in [3.05, 3.63) is 71.8 Å². The number of carbonyl (C=O) groups excluding carboxylic acids is 1. The van der Waals surface area contributed by atoms with Gasteiger partial charge in [0.1, 0.15) is 23.6 Å². The lowest BCUT2D eigenvalue weighted by molar-refractivity contribution is 0.0697. The van der Waals surface area contributed by atoms with Gasteiger partial charge in [0.15, 0.2) is 5.89 Å². The quantitative estimate of drug-likeness (QED) is 0.633. The van der Waals surface area contributed by atoms with Gasteiger partial charge < -0.3 is 9.32 Å². The van der Waals surface area contributed by atoms with Crippen LogP contribution in [0.25, 0.3) is 11.3 Å². The summed E-state index contributed by atoms with van der Waals surface area (Å²) in [5.41, 5.74) is 0.647. The van der Waals surface area contributed by atoms with Gasteiger partial charge in [-0.15, -0.1) is 0 Å². The molecule has 0 bridgehead atoms. The number of oxazole rings is 1. The maximum Gasteiger partial charge on any atom is 0.254 e. The average Bonchev–Trinajstić information content (AvgIpc) is 3.17. The zero-order chi connectivity index (χ0) is 19.7. The summed E-state index contributed by atoms with van der Waals surface area (Å²) >= 11 is 0. The first-order valence-electron chi connectivity index (χ1n) is 8.83. The van der Waals surface area contributed by atoms with E-state index in [1.807, 2.05) is 0 Å². The van der Waals surface area contributed by atoms with Gasteiger partial charge in [-0.1, -0.05) is 0 Å². The van der Waals surface area contributed by atoms with Crippen molar-refractivity contribution < 1.29 is 22.4 Å².